The van der Waals surface area contributed by atoms with Crippen LogP contribution in [0.3, 0.4) is 0 Å². The van der Waals surface area contributed by atoms with Crippen LogP contribution in [-0.4, -0.2) is 23.0 Å². The van der Waals surface area contributed by atoms with Crippen molar-refractivity contribution < 1.29 is 9.53 Å². The highest BCUT2D eigenvalue weighted by Crippen LogP contribution is 2.29. The van der Waals surface area contributed by atoms with Crippen LogP contribution in [0.4, 0.5) is 17.3 Å². The molecule has 0 saturated heterocycles. The first-order valence-corrected chi connectivity index (χ1v) is 9.08. The summed E-state index contributed by atoms with van der Waals surface area (Å²) in [6.07, 6.45) is 0. The maximum absolute atomic E-state index is 12.7. The summed E-state index contributed by atoms with van der Waals surface area (Å²) in [7, 11) is 1.56. The average molecular weight is 397 g/mol. The lowest BCUT2D eigenvalue weighted by molar-refractivity contribution is 0.102. The molecule has 0 unspecified atom stereocenters. The summed E-state index contributed by atoms with van der Waals surface area (Å²) in [5, 5.41) is 6.49. The molecule has 2 aromatic carbocycles. The summed E-state index contributed by atoms with van der Waals surface area (Å²) in [5.74, 6) is 0.566. The fourth-order valence-electron chi connectivity index (χ4n) is 2.65. The van der Waals surface area contributed by atoms with Crippen molar-refractivity contribution in [2.45, 2.75) is 20.8 Å². The van der Waals surface area contributed by atoms with Crippen molar-refractivity contribution in [1.82, 2.24) is 9.97 Å². The number of aryl methyl sites for hydroxylation is 3. The second kappa shape index (κ2) is 8.27. The third-order valence-corrected chi connectivity index (χ3v) is 4.49. The minimum absolute atomic E-state index is 0.259. The van der Waals surface area contributed by atoms with Gasteiger partial charge < -0.3 is 15.4 Å². The molecular formula is C21H21ClN4O2. The molecule has 1 heterocycles. The average Bonchev–Trinajstić information content (AvgIpc) is 2.64. The Bertz CT molecular complexity index is 1040. The maximum Gasteiger partial charge on any atom is 0.274 e. The number of anilines is 3. The minimum Gasteiger partial charge on any atom is -0.495 e. The van der Waals surface area contributed by atoms with Crippen molar-refractivity contribution in [3.8, 4) is 5.75 Å². The van der Waals surface area contributed by atoms with Gasteiger partial charge in [-0.1, -0.05) is 17.7 Å². The Morgan fingerprint density at radius 1 is 1.00 bits per heavy atom. The molecule has 144 valence electrons. The second-order valence-electron chi connectivity index (χ2n) is 6.44. The molecule has 0 spiro atoms. The van der Waals surface area contributed by atoms with Gasteiger partial charge in [0.2, 0.25) is 5.95 Å². The van der Waals surface area contributed by atoms with Gasteiger partial charge >= 0.3 is 0 Å². The van der Waals surface area contributed by atoms with Crippen LogP contribution in [0.25, 0.3) is 0 Å². The van der Waals surface area contributed by atoms with Crippen LogP contribution in [0.2, 0.25) is 5.02 Å². The summed E-state index contributed by atoms with van der Waals surface area (Å²) < 4.78 is 5.32. The molecule has 0 aliphatic carbocycles. The number of carbonyl (C=O) groups is 1. The van der Waals surface area contributed by atoms with E-state index in [-0.39, 0.29) is 17.5 Å². The van der Waals surface area contributed by atoms with Crippen LogP contribution >= 0.6 is 11.6 Å². The first kappa shape index (κ1) is 19.6. The molecule has 0 fully saturated rings. The standard InChI is InChI=1S/C21H21ClN4O2/c1-12-5-7-16(9-13(12)2)24-20(27)18-10-14(3)23-21(26-18)25-17-11-15(22)6-8-19(17)28-4/h5-11H,1-4H3,(H,24,27)(H,23,25,26). The van der Waals surface area contributed by atoms with E-state index in [4.69, 9.17) is 16.3 Å². The summed E-state index contributed by atoms with van der Waals surface area (Å²) >= 11 is 6.07. The number of amides is 1. The summed E-state index contributed by atoms with van der Waals surface area (Å²) in [6, 6.07) is 12.6. The number of ether oxygens (including phenoxy) is 1. The fourth-order valence-corrected chi connectivity index (χ4v) is 2.83. The molecule has 0 saturated carbocycles. The van der Waals surface area contributed by atoms with E-state index in [1.807, 2.05) is 32.0 Å². The molecule has 2 N–H and O–H groups in total. The molecule has 0 radical (unpaired) electrons. The Kier molecular flexibility index (Phi) is 5.80. The molecule has 1 aromatic heterocycles. The van der Waals surface area contributed by atoms with Crippen LogP contribution in [0.15, 0.2) is 42.5 Å². The van der Waals surface area contributed by atoms with E-state index < -0.39 is 0 Å². The number of carbonyl (C=O) groups excluding carboxylic acids is 1. The van der Waals surface area contributed by atoms with E-state index in [2.05, 4.69) is 20.6 Å². The van der Waals surface area contributed by atoms with Crippen LogP contribution < -0.4 is 15.4 Å². The van der Waals surface area contributed by atoms with Gasteiger partial charge in [0.1, 0.15) is 11.4 Å². The van der Waals surface area contributed by atoms with Gasteiger partial charge in [0.15, 0.2) is 0 Å². The van der Waals surface area contributed by atoms with Crippen molar-refractivity contribution in [2.75, 3.05) is 17.7 Å². The van der Waals surface area contributed by atoms with Crippen LogP contribution in [0.1, 0.15) is 27.3 Å². The molecule has 7 heteroatoms. The number of hydrogen-bond donors (Lipinski definition) is 2. The van der Waals surface area contributed by atoms with Gasteiger partial charge in [-0.15, -0.1) is 0 Å². The lowest BCUT2D eigenvalue weighted by atomic mass is 10.1. The van der Waals surface area contributed by atoms with Gasteiger partial charge in [-0.25, -0.2) is 9.97 Å². The molecular weight excluding hydrogens is 376 g/mol. The van der Waals surface area contributed by atoms with Gasteiger partial charge in [-0.3, -0.25) is 4.79 Å². The Morgan fingerprint density at radius 3 is 2.50 bits per heavy atom. The number of rotatable bonds is 5. The normalized spacial score (nSPS) is 10.5. The molecule has 3 aromatic rings. The monoisotopic (exact) mass is 396 g/mol. The van der Waals surface area contributed by atoms with E-state index in [0.717, 1.165) is 16.8 Å². The van der Waals surface area contributed by atoms with E-state index in [0.29, 0.717) is 22.2 Å². The van der Waals surface area contributed by atoms with Gasteiger partial charge in [0, 0.05) is 16.4 Å². The van der Waals surface area contributed by atoms with E-state index in [1.165, 1.54) is 0 Å². The van der Waals surface area contributed by atoms with Gasteiger partial charge in [0.05, 0.1) is 12.8 Å². The molecule has 0 aliphatic heterocycles. The van der Waals surface area contributed by atoms with E-state index >= 15 is 0 Å². The topological polar surface area (TPSA) is 76.1 Å². The third kappa shape index (κ3) is 4.58. The molecule has 1 amide bonds. The third-order valence-electron chi connectivity index (χ3n) is 4.26. The van der Waals surface area contributed by atoms with E-state index in [1.54, 1.807) is 38.3 Å². The van der Waals surface area contributed by atoms with Crippen LogP contribution in [-0.2, 0) is 0 Å². The quantitative estimate of drug-likeness (QED) is 0.630. The molecule has 28 heavy (non-hydrogen) atoms. The lowest BCUT2D eigenvalue weighted by Crippen LogP contribution is -2.15. The van der Waals surface area contributed by atoms with Crippen molar-refractivity contribution >= 4 is 34.8 Å². The van der Waals surface area contributed by atoms with Crippen LogP contribution in [0, 0.1) is 20.8 Å². The highest BCUT2D eigenvalue weighted by Gasteiger charge is 2.13. The smallest absolute Gasteiger partial charge is 0.274 e. The zero-order chi connectivity index (χ0) is 20.3. The highest BCUT2D eigenvalue weighted by atomic mass is 35.5. The number of benzene rings is 2. The Hall–Kier alpha value is -3.12. The Balaban J connectivity index is 1.86. The minimum atomic E-state index is -0.310. The molecule has 0 aliphatic rings. The predicted octanol–water partition coefficient (Wildman–Crippen LogP) is 5.06. The first-order valence-electron chi connectivity index (χ1n) is 8.70. The molecule has 0 bridgehead atoms. The Labute approximate surface area is 168 Å². The molecule has 0 atom stereocenters. The fraction of sp³-hybridized carbons (Fsp3) is 0.190. The summed E-state index contributed by atoms with van der Waals surface area (Å²) in [5.41, 5.74) is 4.51. The number of nitrogens with one attached hydrogen (secondary N) is 2. The summed E-state index contributed by atoms with van der Waals surface area (Å²) in [6.45, 7) is 5.83. The van der Waals surface area contributed by atoms with Gasteiger partial charge in [-0.05, 0) is 68.3 Å². The van der Waals surface area contributed by atoms with Crippen molar-refractivity contribution in [1.29, 1.82) is 0 Å². The second-order valence-corrected chi connectivity index (χ2v) is 6.88. The number of halogens is 1. The SMILES string of the molecule is COc1ccc(Cl)cc1Nc1nc(C)cc(C(=O)Nc2ccc(C)c(C)c2)n1. The molecule has 3 rings (SSSR count). The van der Waals surface area contributed by atoms with E-state index in [9.17, 15) is 4.79 Å². The lowest BCUT2D eigenvalue weighted by Gasteiger charge is -2.12. The number of nitrogens with zero attached hydrogens (tertiary/aromatic N) is 2. The highest BCUT2D eigenvalue weighted by molar-refractivity contribution is 6.31. The first-order chi connectivity index (χ1) is 13.4. The number of hydrogen-bond acceptors (Lipinski definition) is 5. The van der Waals surface area contributed by atoms with Crippen molar-refractivity contribution in [2.24, 2.45) is 0 Å². The summed E-state index contributed by atoms with van der Waals surface area (Å²) in [4.78, 5) is 21.4. The maximum atomic E-state index is 12.7. The molecule has 6 nitrogen and oxygen atoms in total. The largest absolute Gasteiger partial charge is 0.495 e. The number of aromatic nitrogens is 2. The Morgan fingerprint density at radius 2 is 1.79 bits per heavy atom. The van der Waals surface area contributed by atoms with Crippen LogP contribution in [0.5, 0.6) is 5.75 Å². The predicted molar refractivity (Wildman–Crippen MR) is 112 cm³/mol. The zero-order valence-electron chi connectivity index (χ0n) is 16.1. The van der Waals surface area contributed by atoms with Crippen molar-refractivity contribution in [3.63, 3.8) is 0 Å². The zero-order valence-corrected chi connectivity index (χ0v) is 16.9. The number of methoxy groups -OCH3 is 1. The van der Waals surface area contributed by atoms with Gasteiger partial charge in [-0.2, -0.15) is 0 Å². The van der Waals surface area contributed by atoms with Crippen molar-refractivity contribution in [3.05, 3.63) is 70.0 Å². The van der Waals surface area contributed by atoms with Gasteiger partial charge in [0.25, 0.3) is 5.91 Å².